The van der Waals surface area contributed by atoms with Gasteiger partial charge in [-0.2, -0.15) is 5.10 Å². The number of nitrogens with two attached hydrogens (primary N) is 1. The molecule has 1 aromatic carbocycles. The first kappa shape index (κ1) is 13.2. The molecule has 20 heavy (non-hydrogen) atoms. The quantitative estimate of drug-likeness (QED) is 0.805. The summed E-state index contributed by atoms with van der Waals surface area (Å²) in [6.45, 7) is 1.93. The minimum absolute atomic E-state index is 0.270. The first-order valence-electron chi connectivity index (χ1n) is 6.48. The number of nitrogen functional groups attached to an aromatic ring is 1. The Kier molecular flexibility index (Phi) is 3.25. The molecule has 1 fully saturated rings. The van der Waals surface area contributed by atoms with Crippen LogP contribution < -0.4 is 11.1 Å². The Morgan fingerprint density at radius 1 is 1.50 bits per heavy atom. The maximum Gasteiger partial charge on any atom is 0.278 e. The molecular weight excluding hydrogens is 320 g/mol. The monoisotopic (exact) mass is 334 g/mol. The van der Waals surface area contributed by atoms with E-state index in [0.29, 0.717) is 11.6 Å². The number of aromatic nitrogens is 2. The highest BCUT2D eigenvalue weighted by Crippen LogP contribution is 2.42. The lowest BCUT2D eigenvalue weighted by atomic mass is 10.2. The minimum atomic E-state index is -0.285. The van der Waals surface area contributed by atoms with Gasteiger partial charge in [-0.3, -0.25) is 9.89 Å². The first-order chi connectivity index (χ1) is 9.58. The molecule has 0 saturated heterocycles. The average molecular weight is 335 g/mol. The summed E-state index contributed by atoms with van der Waals surface area (Å²) < 4.78 is 0.948. The number of nitrogens with one attached hydrogen (secondary N) is 2. The van der Waals surface area contributed by atoms with Gasteiger partial charge in [0.2, 0.25) is 0 Å². The predicted octanol–water partition coefficient (Wildman–Crippen LogP) is 3.19. The van der Waals surface area contributed by atoms with Gasteiger partial charge in [0, 0.05) is 16.1 Å². The number of hydrogen-bond donors (Lipinski definition) is 3. The van der Waals surface area contributed by atoms with Gasteiger partial charge in [-0.25, -0.2) is 0 Å². The van der Waals surface area contributed by atoms with E-state index in [4.69, 9.17) is 5.73 Å². The summed E-state index contributed by atoms with van der Waals surface area (Å²) in [7, 11) is 0. The number of carbonyl (C=O) groups excluding carboxylic acids is 1. The van der Waals surface area contributed by atoms with Gasteiger partial charge >= 0.3 is 0 Å². The van der Waals surface area contributed by atoms with Crippen molar-refractivity contribution in [1.82, 2.24) is 10.2 Å². The Labute approximate surface area is 125 Å². The number of H-pyrrole nitrogens is 1. The van der Waals surface area contributed by atoms with Crippen LogP contribution in [-0.4, -0.2) is 16.1 Å². The van der Waals surface area contributed by atoms with Crippen LogP contribution >= 0.6 is 15.9 Å². The van der Waals surface area contributed by atoms with Gasteiger partial charge in [0.25, 0.3) is 5.91 Å². The first-order valence-corrected chi connectivity index (χ1v) is 7.27. The molecule has 0 bridgehead atoms. The van der Waals surface area contributed by atoms with Crippen LogP contribution in [0.15, 0.2) is 22.7 Å². The number of amides is 1. The largest absolute Gasteiger partial charge is 0.395 e. The standard InChI is InChI=1S/C14H15BrN4O/c1-7-9(15)3-2-4-10(7)17-14(20)13-11(16)12(18-19-13)8-5-6-8/h2-4,8H,5-6,16H2,1H3,(H,17,20)(H,18,19). The van der Waals surface area contributed by atoms with Gasteiger partial charge in [0.05, 0.1) is 11.4 Å². The van der Waals surface area contributed by atoms with Gasteiger partial charge in [0.15, 0.2) is 5.69 Å². The van der Waals surface area contributed by atoms with E-state index in [2.05, 4.69) is 31.4 Å². The third-order valence-electron chi connectivity index (χ3n) is 3.55. The van der Waals surface area contributed by atoms with Crippen molar-refractivity contribution in [1.29, 1.82) is 0 Å². The van der Waals surface area contributed by atoms with Crippen LogP contribution in [0.3, 0.4) is 0 Å². The van der Waals surface area contributed by atoms with E-state index in [1.54, 1.807) is 0 Å². The molecule has 1 aliphatic rings. The third-order valence-corrected chi connectivity index (χ3v) is 4.41. The molecule has 0 atom stereocenters. The minimum Gasteiger partial charge on any atom is -0.395 e. The summed E-state index contributed by atoms with van der Waals surface area (Å²) in [6.07, 6.45) is 2.22. The number of anilines is 2. The smallest absolute Gasteiger partial charge is 0.278 e. The summed E-state index contributed by atoms with van der Waals surface area (Å²) >= 11 is 3.44. The second kappa shape index (κ2) is 4.94. The lowest BCUT2D eigenvalue weighted by Crippen LogP contribution is -2.15. The van der Waals surface area contributed by atoms with E-state index >= 15 is 0 Å². The summed E-state index contributed by atoms with van der Waals surface area (Å²) in [6, 6.07) is 5.65. The van der Waals surface area contributed by atoms with Crippen LogP contribution in [-0.2, 0) is 0 Å². The van der Waals surface area contributed by atoms with Crippen LogP contribution in [0.4, 0.5) is 11.4 Å². The third kappa shape index (κ3) is 2.31. The fraction of sp³-hybridized carbons (Fsp3) is 0.286. The molecule has 1 aromatic heterocycles. The topological polar surface area (TPSA) is 83.8 Å². The fourth-order valence-electron chi connectivity index (χ4n) is 2.14. The number of carbonyl (C=O) groups is 1. The van der Waals surface area contributed by atoms with Crippen LogP contribution in [0.5, 0.6) is 0 Å². The molecule has 1 heterocycles. The van der Waals surface area contributed by atoms with Crippen molar-refractivity contribution in [3.8, 4) is 0 Å². The van der Waals surface area contributed by atoms with Gasteiger partial charge in [-0.15, -0.1) is 0 Å². The second-order valence-corrected chi connectivity index (χ2v) is 5.89. The van der Waals surface area contributed by atoms with Crippen LogP contribution in [0.2, 0.25) is 0 Å². The summed E-state index contributed by atoms with van der Waals surface area (Å²) in [5.41, 5.74) is 9.35. The van der Waals surface area contributed by atoms with E-state index in [9.17, 15) is 4.79 Å². The molecule has 0 spiro atoms. The Hall–Kier alpha value is -1.82. The average Bonchev–Trinajstić information content (AvgIpc) is 3.18. The Morgan fingerprint density at radius 3 is 2.95 bits per heavy atom. The second-order valence-electron chi connectivity index (χ2n) is 5.04. The summed E-state index contributed by atoms with van der Waals surface area (Å²) in [5, 5.41) is 9.78. The molecule has 0 unspecified atom stereocenters. The zero-order valence-corrected chi connectivity index (χ0v) is 12.6. The molecule has 0 radical (unpaired) electrons. The fourth-order valence-corrected chi connectivity index (χ4v) is 2.51. The van der Waals surface area contributed by atoms with Gasteiger partial charge < -0.3 is 11.1 Å². The molecule has 6 heteroatoms. The number of rotatable bonds is 3. The lowest BCUT2D eigenvalue weighted by molar-refractivity contribution is 0.102. The van der Waals surface area contributed by atoms with Gasteiger partial charge in [0.1, 0.15) is 0 Å². The number of benzene rings is 1. The zero-order chi connectivity index (χ0) is 14.3. The Balaban J connectivity index is 1.84. The highest BCUT2D eigenvalue weighted by atomic mass is 79.9. The molecule has 4 N–H and O–H groups in total. The van der Waals surface area contributed by atoms with Crippen molar-refractivity contribution >= 4 is 33.2 Å². The number of halogens is 1. The molecule has 3 rings (SSSR count). The number of hydrogen-bond acceptors (Lipinski definition) is 3. The lowest BCUT2D eigenvalue weighted by Gasteiger charge is -2.08. The zero-order valence-electron chi connectivity index (χ0n) is 11.0. The van der Waals surface area contributed by atoms with Gasteiger partial charge in [-0.1, -0.05) is 22.0 Å². The molecule has 1 aliphatic carbocycles. The summed E-state index contributed by atoms with van der Waals surface area (Å²) in [4.78, 5) is 12.3. The van der Waals surface area contributed by atoms with Crippen molar-refractivity contribution in [3.63, 3.8) is 0 Å². The van der Waals surface area contributed by atoms with Crippen molar-refractivity contribution in [2.75, 3.05) is 11.1 Å². The highest BCUT2D eigenvalue weighted by molar-refractivity contribution is 9.10. The van der Waals surface area contributed by atoms with Crippen molar-refractivity contribution in [2.45, 2.75) is 25.7 Å². The van der Waals surface area contributed by atoms with E-state index in [0.717, 1.165) is 34.3 Å². The van der Waals surface area contributed by atoms with Gasteiger partial charge in [-0.05, 0) is 37.5 Å². The molecule has 1 saturated carbocycles. The van der Waals surface area contributed by atoms with E-state index in [1.165, 1.54) is 0 Å². The van der Waals surface area contributed by atoms with Crippen molar-refractivity contribution in [2.24, 2.45) is 0 Å². The molecule has 1 amide bonds. The van der Waals surface area contributed by atoms with Crippen LogP contribution in [0.25, 0.3) is 0 Å². The molecule has 5 nitrogen and oxygen atoms in total. The SMILES string of the molecule is Cc1c(Br)cccc1NC(=O)c1n[nH]c(C2CC2)c1N. The molecule has 2 aromatic rings. The molecule has 0 aliphatic heterocycles. The van der Waals surface area contributed by atoms with E-state index in [1.807, 2.05) is 25.1 Å². The molecule has 104 valence electrons. The summed E-state index contributed by atoms with van der Waals surface area (Å²) in [5.74, 6) is 0.156. The van der Waals surface area contributed by atoms with E-state index < -0.39 is 0 Å². The van der Waals surface area contributed by atoms with Crippen molar-refractivity contribution < 1.29 is 4.79 Å². The Morgan fingerprint density at radius 2 is 2.25 bits per heavy atom. The maximum atomic E-state index is 12.3. The highest BCUT2D eigenvalue weighted by Gasteiger charge is 2.30. The number of nitrogens with zero attached hydrogens (tertiary/aromatic N) is 1. The van der Waals surface area contributed by atoms with E-state index in [-0.39, 0.29) is 11.6 Å². The predicted molar refractivity (Wildman–Crippen MR) is 81.8 cm³/mol. The van der Waals surface area contributed by atoms with Crippen LogP contribution in [0, 0.1) is 6.92 Å². The molecular formula is C14H15BrN4O. The maximum absolute atomic E-state index is 12.3. The number of aromatic amines is 1. The van der Waals surface area contributed by atoms with Crippen molar-refractivity contribution in [3.05, 3.63) is 39.6 Å². The van der Waals surface area contributed by atoms with Crippen LogP contribution in [0.1, 0.15) is 40.5 Å². The normalized spacial score (nSPS) is 14.3. The Bertz CT molecular complexity index is 676.